The van der Waals surface area contributed by atoms with Crippen LogP contribution in [0.4, 0.5) is 4.39 Å². The molecule has 1 saturated heterocycles. The summed E-state index contributed by atoms with van der Waals surface area (Å²) in [7, 11) is 0. The van der Waals surface area contributed by atoms with Crippen molar-refractivity contribution in [3.63, 3.8) is 0 Å². The molecule has 0 bridgehead atoms. The standard InChI is InChI=1S/C13H18FN/c1-11-5-6-12(9-13(11)14)10-15-7-3-2-4-8-15/h5-6,9H,2-4,7-8,10H2,1H3. The summed E-state index contributed by atoms with van der Waals surface area (Å²) in [6, 6.07) is 5.57. The van der Waals surface area contributed by atoms with E-state index in [4.69, 9.17) is 0 Å². The van der Waals surface area contributed by atoms with Gasteiger partial charge in [0.2, 0.25) is 0 Å². The van der Waals surface area contributed by atoms with Crippen LogP contribution in [0.5, 0.6) is 0 Å². The Morgan fingerprint density at radius 2 is 1.93 bits per heavy atom. The van der Waals surface area contributed by atoms with Gasteiger partial charge in [0.05, 0.1) is 0 Å². The first-order chi connectivity index (χ1) is 7.25. The largest absolute Gasteiger partial charge is 0.299 e. The predicted octanol–water partition coefficient (Wildman–Crippen LogP) is 3.12. The highest BCUT2D eigenvalue weighted by Gasteiger charge is 2.10. The highest BCUT2D eigenvalue weighted by molar-refractivity contribution is 5.23. The Hall–Kier alpha value is -0.890. The Balaban J connectivity index is 2.00. The fraction of sp³-hybridized carbons (Fsp3) is 0.538. The van der Waals surface area contributed by atoms with Crippen LogP contribution < -0.4 is 0 Å². The number of aryl methyl sites for hydroxylation is 1. The van der Waals surface area contributed by atoms with Crippen LogP contribution in [0, 0.1) is 12.7 Å². The van der Waals surface area contributed by atoms with E-state index in [0.29, 0.717) is 0 Å². The highest BCUT2D eigenvalue weighted by atomic mass is 19.1. The Morgan fingerprint density at radius 3 is 2.60 bits per heavy atom. The number of likely N-dealkylation sites (tertiary alicyclic amines) is 1. The quantitative estimate of drug-likeness (QED) is 0.720. The van der Waals surface area contributed by atoms with Crippen molar-refractivity contribution in [3.8, 4) is 0 Å². The second-order valence-electron chi connectivity index (χ2n) is 4.42. The number of piperidine rings is 1. The van der Waals surface area contributed by atoms with E-state index < -0.39 is 0 Å². The highest BCUT2D eigenvalue weighted by Crippen LogP contribution is 2.15. The first kappa shape index (κ1) is 10.6. The van der Waals surface area contributed by atoms with Gasteiger partial charge in [0.25, 0.3) is 0 Å². The van der Waals surface area contributed by atoms with Gasteiger partial charge in [0.1, 0.15) is 5.82 Å². The minimum Gasteiger partial charge on any atom is -0.299 e. The molecule has 0 atom stereocenters. The van der Waals surface area contributed by atoms with Crippen LogP contribution in [-0.4, -0.2) is 18.0 Å². The maximum Gasteiger partial charge on any atom is 0.126 e. The number of hydrogen-bond donors (Lipinski definition) is 0. The Kier molecular flexibility index (Phi) is 3.37. The Morgan fingerprint density at radius 1 is 1.20 bits per heavy atom. The molecule has 0 amide bonds. The zero-order valence-corrected chi connectivity index (χ0v) is 9.30. The molecule has 0 saturated carbocycles. The Bertz CT molecular complexity index is 329. The summed E-state index contributed by atoms with van der Waals surface area (Å²) in [6.07, 6.45) is 3.92. The van der Waals surface area contributed by atoms with Crippen LogP contribution in [0.1, 0.15) is 30.4 Å². The average Bonchev–Trinajstić information content (AvgIpc) is 2.25. The minimum atomic E-state index is -0.0792. The summed E-state index contributed by atoms with van der Waals surface area (Å²) < 4.78 is 13.3. The second kappa shape index (κ2) is 4.75. The van der Waals surface area contributed by atoms with Crippen LogP contribution >= 0.6 is 0 Å². The number of halogens is 1. The van der Waals surface area contributed by atoms with Crippen molar-refractivity contribution in [2.75, 3.05) is 13.1 Å². The number of hydrogen-bond acceptors (Lipinski definition) is 1. The molecule has 1 aliphatic rings. The van der Waals surface area contributed by atoms with Crippen LogP contribution in [0.2, 0.25) is 0 Å². The summed E-state index contributed by atoms with van der Waals surface area (Å²) in [5, 5.41) is 0. The average molecular weight is 207 g/mol. The van der Waals surface area contributed by atoms with E-state index in [9.17, 15) is 4.39 Å². The van der Waals surface area contributed by atoms with E-state index in [1.165, 1.54) is 19.3 Å². The van der Waals surface area contributed by atoms with Crippen molar-refractivity contribution in [1.82, 2.24) is 4.90 Å². The molecule has 0 unspecified atom stereocenters. The SMILES string of the molecule is Cc1ccc(CN2CCCCC2)cc1F. The molecule has 0 radical (unpaired) electrons. The molecule has 15 heavy (non-hydrogen) atoms. The van der Waals surface area contributed by atoms with Crippen molar-refractivity contribution < 1.29 is 4.39 Å². The van der Waals surface area contributed by atoms with Gasteiger partial charge in [-0.25, -0.2) is 4.39 Å². The van der Waals surface area contributed by atoms with E-state index in [1.807, 2.05) is 12.1 Å². The van der Waals surface area contributed by atoms with Crippen LogP contribution in [0.25, 0.3) is 0 Å². The molecule has 2 heteroatoms. The molecule has 1 aromatic rings. The summed E-state index contributed by atoms with van der Waals surface area (Å²) in [5.41, 5.74) is 1.83. The van der Waals surface area contributed by atoms with E-state index in [1.54, 1.807) is 13.0 Å². The number of nitrogens with zero attached hydrogens (tertiary/aromatic N) is 1. The van der Waals surface area contributed by atoms with Crippen molar-refractivity contribution in [3.05, 3.63) is 35.1 Å². The molecule has 1 nitrogen and oxygen atoms in total. The third kappa shape index (κ3) is 2.78. The van der Waals surface area contributed by atoms with Crippen LogP contribution in [0.15, 0.2) is 18.2 Å². The maximum atomic E-state index is 13.3. The molecule has 0 spiro atoms. The summed E-state index contributed by atoms with van der Waals surface area (Å²) in [5.74, 6) is -0.0792. The molecule has 1 aromatic carbocycles. The lowest BCUT2D eigenvalue weighted by Crippen LogP contribution is -2.29. The van der Waals surface area contributed by atoms with Gasteiger partial charge in [-0.1, -0.05) is 18.6 Å². The van der Waals surface area contributed by atoms with E-state index in [2.05, 4.69) is 4.90 Å². The van der Waals surface area contributed by atoms with Crippen LogP contribution in [-0.2, 0) is 6.54 Å². The molecule has 1 aliphatic heterocycles. The fourth-order valence-corrected chi connectivity index (χ4v) is 2.11. The molecule has 82 valence electrons. The third-order valence-electron chi connectivity index (χ3n) is 3.09. The Labute approximate surface area is 90.9 Å². The molecule has 1 heterocycles. The van der Waals surface area contributed by atoms with Crippen molar-refractivity contribution in [2.24, 2.45) is 0 Å². The molecular formula is C13H18FN. The van der Waals surface area contributed by atoms with Gasteiger partial charge in [-0.2, -0.15) is 0 Å². The lowest BCUT2D eigenvalue weighted by Gasteiger charge is -2.26. The normalized spacial score (nSPS) is 18.0. The number of rotatable bonds is 2. The first-order valence-electron chi connectivity index (χ1n) is 5.73. The van der Waals surface area contributed by atoms with Gasteiger partial charge in [-0.15, -0.1) is 0 Å². The van der Waals surface area contributed by atoms with Crippen molar-refractivity contribution in [2.45, 2.75) is 32.7 Å². The smallest absolute Gasteiger partial charge is 0.126 e. The topological polar surface area (TPSA) is 3.24 Å². The van der Waals surface area contributed by atoms with Gasteiger partial charge in [0, 0.05) is 6.54 Å². The maximum absolute atomic E-state index is 13.3. The molecule has 0 aliphatic carbocycles. The van der Waals surface area contributed by atoms with Gasteiger partial charge >= 0.3 is 0 Å². The summed E-state index contributed by atoms with van der Waals surface area (Å²) in [4.78, 5) is 2.41. The molecule has 0 aromatic heterocycles. The summed E-state index contributed by atoms with van der Waals surface area (Å²) in [6.45, 7) is 5.03. The van der Waals surface area contributed by atoms with E-state index >= 15 is 0 Å². The predicted molar refractivity (Wildman–Crippen MR) is 60.3 cm³/mol. The van der Waals surface area contributed by atoms with E-state index in [-0.39, 0.29) is 5.82 Å². The molecular weight excluding hydrogens is 189 g/mol. The lowest BCUT2D eigenvalue weighted by atomic mass is 10.1. The van der Waals surface area contributed by atoms with Gasteiger partial charge in [-0.3, -0.25) is 4.90 Å². The molecule has 1 fully saturated rings. The summed E-state index contributed by atoms with van der Waals surface area (Å²) >= 11 is 0. The number of benzene rings is 1. The van der Waals surface area contributed by atoms with E-state index in [0.717, 1.165) is 30.8 Å². The molecule has 2 rings (SSSR count). The van der Waals surface area contributed by atoms with Crippen molar-refractivity contribution >= 4 is 0 Å². The van der Waals surface area contributed by atoms with Gasteiger partial charge < -0.3 is 0 Å². The van der Waals surface area contributed by atoms with Crippen LogP contribution in [0.3, 0.4) is 0 Å². The third-order valence-corrected chi connectivity index (χ3v) is 3.09. The second-order valence-corrected chi connectivity index (χ2v) is 4.42. The van der Waals surface area contributed by atoms with Crippen molar-refractivity contribution in [1.29, 1.82) is 0 Å². The van der Waals surface area contributed by atoms with Gasteiger partial charge in [-0.05, 0) is 50.0 Å². The zero-order valence-electron chi connectivity index (χ0n) is 9.30. The fourth-order valence-electron chi connectivity index (χ4n) is 2.11. The first-order valence-corrected chi connectivity index (χ1v) is 5.73. The monoisotopic (exact) mass is 207 g/mol. The molecule has 0 N–H and O–H groups in total. The minimum absolute atomic E-state index is 0.0792. The lowest BCUT2D eigenvalue weighted by molar-refractivity contribution is 0.220. The van der Waals surface area contributed by atoms with Gasteiger partial charge in [0.15, 0.2) is 0 Å². The zero-order chi connectivity index (χ0) is 10.7.